The van der Waals surface area contributed by atoms with Gasteiger partial charge in [-0.05, 0) is 54.7 Å². The predicted octanol–water partition coefficient (Wildman–Crippen LogP) is 5.22. The molecule has 2 heterocycles. The van der Waals surface area contributed by atoms with E-state index < -0.39 is 0 Å². The van der Waals surface area contributed by atoms with Gasteiger partial charge in [-0.25, -0.2) is 4.98 Å². The van der Waals surface area contributed by atoms with E-state index in [1.54, 1.807) is 13.3 Å². The molecule has 6 heteroatoms. The molecular weight excluding hydrogens is 400 g/mol. The molecule has 0 N–H and O–H groups in total. The molecule has 1 fully saturated rings. The van der Waals surface area contributed by atoms with Gasteiger partial charge in [-0.15, -0.1) is 0 Å². The molecular formula is C24H25ClN2O3. The summed E-state index contributed by atoms with van der Waals surface area (Å²) in [7, 11) is 1.63. The Kier molecular flexibility index (Phi) is 6.38. The first-order chi connectivity index (χ1) is 14.6. The van der Waals surface area contributed by atoms with E-state index in [4.69, 9.17) is 20.8 Å². The summed E-state index contributed by atoms with van der Waals surface area (Å²) in [5.41, 5.74) is 2.05. The van der Waals surface area contributed by atoms with E-state index in [2.05, 4.69) is 4.98 Å². The van der Waals surface area contributed by atoms with Crippen molar-refractivity contribution in [3.05, 3.63) is 82.5 Å². The molecule has 30 heavy (non-hydrogen) atoms. The van der Waals surface area contributed by atoms with Crippen LogP contribution in [0.3, 0.4) is 0 Å². The normalized spacial score (nSPS) is 16.5. The van der Waals surface area contributed by atoms with Gasteiger partial charge in [-0.2, -0.15) is 0 Å². The summed E-state index contributed by atoms with van der Waals surface area (Å²) in [6, 6.07) is 15.2. The maximum absolute atomic E-state index is 13.1. The molecule has 0 unspecified atom stereocenters. The summed E-state index contributed by atoms with van der Waals surface area (Å²) < 4.78 is 11.3. The average molecular weight is 425 g/mol. The first kappa shape index (κ1) is 20.5. The lowest BCUT2D eigenvalue weighted by Crippen LogP contribution is -2.39. The Morgan fingerprint density at radius 2 is 2.03 bits per heavy atom. The van der Waals surface area contributed by atoms with E-state index in [0.717, 1.165) is 48.4 Å². The molecule has 3 aromatic rings. The van der Waals surface area contributed by atoms with Crippen molar-refractivity contribution in [1.29, 1.82) is 0 Å². The van der Waals surface area contributed by atoms with Crippen LogP contribution in [0.4, 0.5) is 0 Å². The molecule has 2 aromatic carbocycles. The first-order valence-corrected chi connectivity index (χ1v) is 10.6. The molecule has 0 bridgehead atoms. The fourth-order valence-corrected chi connectivity index (χ4v) is 4.03. The van der Waals surface area contributed by atoms with Gasteiger partial charge in [0, 0.05) is 18.0 Å². The lowest BCUT2D eigenvalue weighted by molar-refractivity contribution is -0.134. The SMILES string of the molecule is COc1cccc(CC(=O)N2CCCC[C@H]2c2ncc(Cc3ccc(Cl)cc3)o2)c1. The lowest BCUT2D eigenvalue weighted by atomic mass is 10.0. The van der Waals surface area contributed by atoms with E-state index in [0.29, 0.717) is 23.8 Å². The Bertz CT molecular complexity index is 1000. The number of oxazole rings is 1. The minimum atomic E-state index is -0.115. The van der Waals surface area contributed by atoms with Crippen LogP contribution in [0.2, 0.25) is 5.02 Å². The van der Waals surface area contributed by atoms with Crippen molar-refractivity contribution in [1.82, 2.24) is 9.88 Å². The van der Waals surface area contributed by atoms with E-state index in [1.807, 2.05) is 53.4 Å². The van der Waals surface area contributed by atoms with Crippen molar-refractivity contribution >= 4 is 17.5 Å². The Labute approximate surface area is 181 Å². The summed E-state index contributed by atoms with van der Waals surface area (Å²) in [5, 5.41) is 0.712. The van der Waals surface area contributed by atoms with Crippen LogP contribution in [-0.4, -0.2) is 29.4 Å². The molecule has 0 aliphatic carbocycles. The number of piperidine rings is 1. The van der Waals surface area contributed by atoms with E-state index in [-0.39, 0.29) is 11.9 Å². The zero-order valence-electron chi connectivity index (χ0n) is 17.0. The van der Waals surface area contributed by atoms with Crippen molar-refractivity contribution in [3.8, 4) is 5.75 Å². The van der Waals surface area contributed by atoms with Gasteiger partial charge in [-0.1, -0.05) is 35.9 Å². The van der Waals surface area contributed by atoms with Crippen LogP contribution >= 0.6 is 11.6 Å². The molecule has 4 rings (SSSR count). The van der Waals surface area contributed by atoms with Crippen molar-refractivity contribution in [2.75, 3.05) is 13.7 Å². The third-order valence-electron chi connectivity index (χ3n) is 5.46. The highest BCUT2D eigenvalue weighted by Crippen LogP contribution is 2.31. The summed E-state index contributed by atoms with van der Waals surface area (Å²) >= 11 is 5.96. The Morgan fingerprint density at radius 1 is 1.20 bits per heavy atom. The average Bonchev–Trinajstić information content (AvgIpc) is 3.24. The van der Waals surface area contributed by atoms with Gasteiger partial charge >= 0.3 is 0 Å². The smallest absolute Gasteiger partial charge is 0.227 e. The van der Waals surface area contributed by atoms with Crippen molar-refractivity contribution in [2.24, 2.45) is 0 Å². The minimum absolute atomic E-state index is 0.0883. The van der Waals surface area contributed by atoms with Crippen LogP contribution in [0, 0.1) is 0 Å². The van der Waals surface area contributed by atoms with Crippen LogP contribution in [-0.2, 0) is 17.6 Å². The third-order valence-corrected chi connectivity index (χ3v) is 5.71. The molecule has 5 nitrogen and oxygen atoms in total. The number of aromatic nitrogens is 1. The second-order valence-corrected chi connectivity index (χ2v) is 8.03. The zero-order valence-corrected chi connectivity index (χ0v) is 17.8. The number of benzene rings is 2. The van der Waals surface area contributed by atoms with Crippen molar-refractivity contribution in [3.63, 3.8) is 0 Å². The Hall–Kier alpha value is -2.79. The number of halogens is 1. The molecule has 1 saturated heterocycles. The number of hydrogen-bond donors (Lipinski definition) is 0. The minimum Gasteiger partial charge on any atom is -0.497 e. The first-order valence-electron chi connectivity index (χ1n) is 10.2. The number of likely N-dealkylation sites (tertiary alicyclic amines) is 1. The van der Waals surface area contributed by atoms with E-state index in [9.17, 15) is 4.79 Å². The molecule has 0 saturated carbocycles. The molecule has 0 radical (unpaired) electrons. The van der Waals surface area contributed by atoms with Gasteiger partial charge in [-0.3, -0.25) is 4.79 Å². The molecule has 1 atom stereocenters. The number of nitrogens with zero attached hydrogens (tertiary/aromatic N) is 2. The van der Waals surface area contributed by atoms with Crippen molar-refractivity contribution < 1.29 is 13.9 Å². The Morgan fingerprint density at radius 3 is 2.83 bits per heavy atom. The number of amides is 1. The van der Waals surface area contributed by atoms with Gasteiger partial charge in [0.25, 0.3) is 0 Å². The quantitative estimate of drug-likeness (QED) is 0.544. The van der Waals surface area contributed by atoms with E-state index in [1.165, 1.54) is 0 Å². The number of methoxy groups -OCH3 is 1. The molecule has 1 amide bonds. The van der Waals surface area contributed by atoms with Gasteiger partial charge in [0.1, 0.15) is 17.6 Å². The molecule has 1 aromatic heterocycles. The monoisotopic (exact) mass is 424 g/mol. The fraction of sp³-hybridized carbons (Fsp3) is 0.333. The number of hydrogen-bond acceptors (Lipinski definition) is 4. The lowest BCUT2D eigenvalue weighted by Gasteiger charge is -2.34. The summed E-state index contributed by atoms with van der Waals surface area (Å²) in [5.74, 6) is 2.26. The van der Waals surface area contributed by atoms with Crippen LogP contribution in [0.1, 0.15) is 48.1 Å². The van der Waals surface area contributed by atoms with Gasteiger partial charge in [0.2, 0.25) is 11.8 Å². The van der Waals surface area contributed by atoms with Crippen LogP contribution in [0.25, 0.3) is 0 Å². The molecule has 1 aliphatic rings. The molecule has 0 spiro atoms. The van der Waals surface area contributed by atoms with Crippen molar-refractivity contribution in [2.45, 2.75) is 38.1 Å². The predicted molar refractivity (Wildman–Crippen MR) is 116 cm³/mol. The fourth-order valence-electron chi connectivity index (χ4n) is 3.91. The molecule has 1 aliphatic heterocycles. The highest BCUT2D eigenvalue weighted by atomic mass is 35.5. The highest BCUT2D eigenvalue weighted by Gasteiger charge is 2.31. The zero-order chi connectivity index (χ0) is 20.9. The maximum Gasteiger partial charge on any atom is 0.227 e. The van der Waals surface area contributed by atoms with Gasteiger partial charge in [0.15, 0.2) is 0 Å². The summed E-state index contributed by atoms with van der Waals surface area (Å²) in [6.07, 6.45) is 5.68. The number of ether oxygens (including phenoxy) is 1. The number of rotatable bonds is 6. The standard InChI is InChI=1S/C24H25ClN2O3/c1-29-20-6-4-5-18(14-20)15-23(28)27-12-3-2-7-22(27)24-26-16-21(30-24)13-17-8-10-19(25)11-9-17/h4-6,8-11,14,16,22H,2-3,7,12-13,15H2,1H3/t22-/m0/s1. The summed E-state index contributed by atoms with van der Waals surface area (Å²) in [4.78, 5) is 19.5. The maximum atomic E-state index is 13.1. The highest BCUT2D eigenvalue weighted by molar-refractivity contribution is 6.30. The number of carbonyl (C=O) groups excluding carboxylic acids is 1. The number of carbonyl (C=O) groups is 1. The largest absolute Gasteiger partial charge is 0.497 e. The second-order valence-electron chi connectivity index (χ2n) is 7.60. The van der Waals surface area contributed by atoms with Crippen LogP contribution in [0.5, 0.6) is 5.75 Å². The van der Waals surface area contributed by atoms with Gasteiger partial charge in [0.05, 0.1) is 19.7 Å². The van der Waals surface area contributed by atoms with Crippen LogP contribution < -0.4 is 4.74 Å². The third kappa shape index (κ3) is 4.85. The summed E-state index contributed by atoms with van der Waals surface area (Å²) in [6.45, 7) is 0.725. The topological polar surface area (TPSA) is 55.6 Å². The molecule has 156 valence electrons. The second kappa shape index (κ2) is 9.35. The Balaban J connectivity index is 1.47. The van der Waals surface area contributed by atoms with Gasteiger partial charge < -0.3 is 14.1 Å². The van der Waals surface area contributed by atoms with E-state index >= 15 is 0 Å². The van der Waals surface area contributed by atoms with Crippen LogP contribution in [0.15, 0.2) is 59.1 Å².